The van der Waals surface area contributed by atoms with Gasteiger partial charge in [0.2, 0.25) is 0 Å². The highest BCUT2D eigenvalue weighted by atomic mass is 32.1. The molecule has 7 nitrogen and oxygen atoms in total. The van der Waals surface area contributed by atoms with Gasteiger partial charge in [-0.05, 0) is 30.3 Å². The van der Waals surface area contributed by atoms with Gasteiger partial charge in [-0.25, -0.2) is 19.0 Å². The molecule has 1 aromatic carbocycles. The third-order valence-corrected chi connectivity index (χ3v) is 6.59. The number of piperazine rings is 1. The summed E-state index contributed by atoms with van der Waals surface area (Å²) in [5.41, 5.74) is 1.21. The molecule has 5 rings (SSSR count). The highest BCUT2D eigenvalue weighted by molar-refractivity contribution is 7.15. The Bertz CT molecular complexity index is 1200. The van der Waals surface area contributed by atoms with Gasteiger partial charge in [-0.2, -0.15) is 5.10 Å². The van der Waals surface area contributed by atoms with Gasteiger partial charge in [0.25, 0.3) is 5.91 Å². The van der Waals surface area contributed by atoms with Crippen LogP contribution in [0.4, 0.5) is 4.39 Å². The lowest BCUT2D eigenvalue weighted by Gasteiger charge is -2.34. The average molecular weight is 449 g/mol. The van der Waals surface area contributed by atoms with E-state index in [2.05, 4.69) is 26.0 Å². The van der Waals surface area contributed by atoms with E-state index in [1.54, 1.807) is 46.7 Å². The quantitative estimate of drug-likeness (QED) is 0.468. The van der Waals surface area contributed by atoms with Crippen molar-refractivity contribution in [1.82, 2.24) is 29.5 Å². The summed E-state index contributed by atoms with van der Waals surface area (Å²) < 4.78 is 15.6. The summed E-state index contributed by atoms with van der Waals surface area (Å²) in [6, 6.07) is 14.4. The van der Waals surface area contributed by atoms with Gasteiger partial charge in [0.15, 0.2) is 5.82 Å². The zero-order valence-corrected chi connectivity index (χ0v) is 18.1. The van der Waals surface area contributed by atoms with Crippen LogP contribution >= 0.6 is 11.3 Å². The minimum atomic E-state index is -0.197. The van der Waals surface area contributed by atoms with Crippen LogP contribution in [-0.2, 0) is 6.54 Å². The number of rotatable bonds is 5. The van der Waals surface area contributed by atoms with E-state index in [0.29, 0.717) is 30.0 Å². The first-order valence-corrected chi connectivity index (χ1v) is 11.2. The summed E-state index contributed by atoms with van der Waals surface area (Å²) in [5.74, 6) is 0.409. The van der Waals surface area contributed by atoms with Crippen LogP contribution in [0.15, 0.2) is 67.4 Å². The minimum absolute atomic E-state index is 0.0137. The molecule has 4 heterocycles. The van der Waals surface area contributed by atoms with Crippen LogP contribution in [0.1, 0.15) is 15.2 Å². The van der Waals surface area contributed by atoms with Crippen molar-refractivity contribution in [1.29, 1.82) is 0 Å². The molecule has 0 spiro atoms. The van der Waals surface area contributed by atoms with E-state index in [1.165, 1.54) is 17.3 Å². The first kappa shape index (κ1) is 20.5. The molecule has 0 unspecified atom stereocenters. The molecule has 0 atom stereocenters. The third-order valence-electron chi connectivity index (χ3n) is 5.49. The summed E-state index contributed by atoms with van der Waals surface area (Å²) in [6.45, 7) is 3.71. The Morgan fingerprint density at radius 1 is 1.03 bits per heavy atom. The van der Waals surface area contributed by atoms with Crippen molar-refractivity contribution >= 4 is 17.2 Å². The van der Waals surface area contributed by atoms with Crippen molar-refractivity contribution < 1.29 is 9.18 Å². The van der Waals surface area contributed by atoms with E-state index in [1.807, 2.05) is 23.1 Å². The summed E-state index contributed by atoms with van der Waals surface area (Å²) in [6.07, 6.45) is 4.59. The molecule has 162 valence electrons. The Balaban J connectivity index is 1.17. The molecule has 1 fully saturated rings. The second-order valence-electron chi connectivity index (χ2n) is 7.56. The fourth-order valence-corrected chi connectivity index (χ4v) is 4.83. The molecule has 9 heteroatoms. The van der Waals surface area contributed by atoms with E-state index in [-0.39, 0.29) is 11.7 Å². The average Bonchev–Trinajstić information content (AvgIpc) is 3.52. The molecular weight excluding hydrogens is 427 g/mol. The van der Waals surface area contributed by atoms with Gasteiger partial charge in [-0.3, -0.25) is 9.69 Å². The molecular formula is C23H21FN6OS. The van der Waals surface area contributed by atoms with Gasteiger partial charge in [0.05, 0.1) is 5.56 Å². The topological polar surface area (TPSA) is 67.2 Å². The number of carbonyl (C=O) groups excluding carboxylic acids is 1. The van der Waals surface area contributed by atoms with Crippen LogP contribution in [0.3, 0.4) is 0 Å². The number of aromatic nitrogens is 4. The second-order valence-corrected chi connectivity index (χ2v) is 8.73. The molecule has 1 amide bonds. The largest absolute Gasteiger partial charge is 0.336 e. The Hall–Kier alpha value is -3.43. The number of pyridine rings is 1. The molecule has 32 heavy (non-hydrogen) atoms. The minimum Gasteiger partial charge on any atom is -0.336 e. The highest BCUT2D eigenvalue weighted by Gasteiger charge is 2.23. The number of halogens is 1. The van der Waals surface area contributed by atoms with Gasteiger partial charge in [-0.15, -0.1) is 11.3 Å². The number of nitrogens with zero attached hydrogens (tertiary/aromatic N) is 6. The fraction of sp³-hybridized carbons (Fsp3) is 0.217. The molecule has 0 aliphatic carbocycles. The highest BCUT2D eigenvalue weighted by Crippen LogP contribution is 2.30. The van der Waals surface area contributed by atoms with Gasteiger partial charge in [-0.1, -0.05) is 18.2 Å². The first-order chi connectivity index (χ1) is 15.7. The first-order valence-electron chi connectivity index (χ1n) is 10.3. The number of hydrogen-bond acceptors (Lipinski definition) is 6. The predicted octanol–water partition coefficient (Wildman–Crippen LogP) is 3.49. The van der Waals surface area contributed by atoms with E-state index in [0.717, 1.165) is 24.5 Å². The van der Waals surface area contributed by atoms with Crippen LogP contribution in [0, 0.1) is 5.82 Å². The van der Waals surface area contributed by atoms with Crippen molar-refractivity contribution in [3.8, 4) is 16.3 Å². The number of amides is 1. The van der Waals surface area contributed by atoms with Crippen LogP contribution < -0.4 is 0 Å². The Kier molecular flexibility index (Phi) is 5.74. The molecule has 4 aromatic rings. The maximum absolute atomic E-state index is 14.0. The SMILES string of the molecule is O=C(c1ccc(-n2cncn2)nc1)N1CCN(Cc2ccc(-c3ccccc3F)s2)CC1. The van der Waals surface area contributed by atoms with E-state index >= 15 is 0 Å². The maximum atomic E-state index is 14.0. The van der Waals surface area contributed by atoms with Crippen molar-refractivity contribution in [2.75, 3.05) is 26.2 Å². The van der Waals surface area contributed by atoms with Gasteiger partial charge in [0, 0.05) is 54.2 Å². The standard InChI is InChI=1S/C23H21FN6OS/c24-20-4-2-1-3-19(20)21-7-6-18(32-21)14-28-9-11-29(12-10-28)23(31)17-5-8-22(26-13-17)30-16-25-15-27-30/h1-8,13,15-16H,9-12,14H2. The summed E-state index contributed by atoms with van der Waals surface area (Å²) in [5, 5.41) is 4.04. The monoisotopic (exact) mass is 448 g/mol. The van der Waals surface area contributed by atoms with Gasteiger partial charge >= 0.3 is 0 Å². The predicted molar refractivity (Wildman–Crippen MR) is 120 cm³/mol. The molecule has 1 saturated heterocycles. The van der Waals surface area contributed by atoms with E-state index in [4.69, 9.17) is 0 Å². The summed E-state index contributed by atoms with van der Waals surface area (Å²) in [4.78, 5) is 27.4. The molecule has 1 aliphatic rings. The molecule has 0 N–H and O–H groups in total. The van der Waals surface area contributed by atoms with Crippen molar-refractivity contribution in [2.45, 2.75) is 6.54 Å². The molecule has 0 saturated carbocycles. The lowest BCUT2D eigenvalue weighted by atomic mass is 10.2. The zero-order chi connectivity index (χ0) is 21.9. The number of hydrogen-bond donors (Lipinski definition) is 0. The van der Waals surface area contributed by atoms with Gasteiger partial charge in [0.1, 0.15) is 18.5 Å². The summed E-state index contributed by atoms with van der Waals surface area (Å²) >= 11 is 1.62. The fourth-order valence-electron chi connectivity index (χ4n) is 3.76. The van der Waals surface area contributed by atoms with Crippen LogP contribution in [0.25, 0.3) is 16.3 Å². The van der Waals surface area contributed by atoms with Crippen molar-refractivity contribution in [3.63, 3.8) is 0 Å². The Morgan fingerprint density at radius 3 is 2.59 bits per heavy atom. The zero-order valence-electron chi connectivity index (χ0n) is 17.3. The van der Waals surface area contributed by atoms with Crippen LogP contribution in [0.5, 0.6) is 0 Å². The van der Waals surface area contributed by atoms with E-state index < -0.39 is 0 Å². The van der Waals surface area contributed by atoms with E-state index in [9.17, 15) is 9.18 Å². The summed E-state index contributed by atoms with van der Waals surface area (Å²) in [7, 11) is 0. The second kappa shape index (κ2) is 8.97. The third kappa shape index (κ3) is 4.30. The lowest BCUT2D eigenvalue weighted by Crippen LogP contribution is -2.48. The number of carbonyl (C=O) groups is 1. The maximum Gasteiger partial charge on any atom is 0.255 e. The lowest BCUT2D eigenvalue weighted by molar-refractivity contribution is 0.0629. The molecule has 3 aromatic heterocycles. The van der Waals surface area contributed by atoms with Crippen LogP contribution in [-0.4, -0.2) is 61.6 Å². The van der Waals surface area contributed by atoms with Crippen molar-refractivity contribution in [3.05, 3.63) is 83.6 Å². The Labute approximate surface area is 188 Å². The number of benzene rings is 1. The normalized spacial score (nSPS) is 14.6. The van der Waals surface area contributed by atoms with Crippen LogP contribution in [0.2, 0.25) is 0 Å². The van der Waals surface area contributed by atoms with Gasteiger partial charge < -0.3 is 4.90 Å². The molecule has 0 bridgehead atoms. The Morgan fingerprint density at radius 2 is 1.88 bits per heavy atom. The number of thiophene rings is 1. The smallest absolute Gasteiger partial charge is 0.255 e. The molecule has 0 radical (unpaired) electrons. The van der Waals surface area contributed by atoms with Crippen molar-refractivity contribution in [2.24, 2.45) is 0 Å². The molecule has 1 aliphatic heterocycles.